The van der Waals surface area contributed by atoms with Gasteiger partial charge in [0.05, 0.1) is 5.70 Å². The second-order valence-electron chi connectivity index (χ2n) is 4.72. The van der Waals surface area contributed by atoms with Crippen molar-refractivity contribution < 1.29 is 0 Å². The summed E-state index contributed by atoms with van der Waals surface area (Å²) < 4.78 is 0. The predicted octanol–water partition coefficient (Wildman–Crippen LogP) is 1.90. The largest absolute Gasteiger partial charge is 0.389 e. The van der Waals surface area contributed by atoms with Crippen molar-refractivity contribution in [1.82, 2.24) is 10.2 Å². The Bertz CT molecular complexity index is 587. The molecule has 0 radical (unpaired) electrons. The summed E-state index contributed by atoms with van der Waals surface area (Å²) in [4.78, 5) is 2.11. The van der Waals surface area contributed by atoms with E-state index in [1.54, 1.807) is 6.08 Å². The highest BCUT2D eigenvalue weighted by molar-refractivity contribution is 6.32. The van der Waals surface area contributed by atoms with Gasteiger partial charge in [-0.05, 0) is 11.6 Å². The molecule has 0 saturated heterocycles. The Labute approximate surface area is 135 Å². The van der Waals surface area contributed by atoms with Gasteiger partial charge in [-0.3, -0.25) is 0 Å². The van der Waals surface area contributed by atoms with E-state index in [-0.39, 0.29) is 5.16 Å². The van der Waals surface area contributed by atoms with Gasteiger partial charge in [0.15, 0.2) is 0 Å². The van der Waals surface area contributed by atoms with Crippen molar-refractivity contribution in [3.05, 3.63) is 45.5 Å². The molecule has 112 valence electrons. The molecule has 21 heavy (non-hydrogen) atoms. The number of rotatable bonds is 3. The minimum atomic E-state index is 0.195. The zero-order valence-corrected chi connectivity index (χ0v) is 13.1. The molecule has 1 heterocycles. The summed E-state index contributed by atoms with van der Waals surface area (Å²) in [7, 11) is 0. The Hall–Kier alpha value is -1.70. The van der Waals surface area contributed by atoms with Crippen molar-refractivity contribution in [3.8, 4) is 11.8 Å². The first-order chi connectivity index (χ1) is 10.1. The minimum absolute atomic E-state index is 0.195. The second kappa shape index (κ2) is 7.35. The third-order valence-corrected chi connectivity index (χ3v) is 3.72. The molecular weight excluding hydrogens is 307 g/mol. The number of halogens is 2. The van der Waals surface area contributed by atoms with Gasteiger partial charge in [-0.25, -0.2) is 0 Å². The zero-order valence-electron chi connectivity index (χ0n) is 11.6. The van der Waals surface area contributed by atoms with Crippen LogP contribution in [0.1, 0.15) is 12.8 Å². The van der Waals surface area contributed by atoms with Crippen LogP contribution in [0.15, 0.2) is 45.5 Å². The lowest BCUT2D eigenvalue weighted by Gasteiger charge is -2.32. The van der Waals surface area contributed by atoms with Crippen LogP contribution in [-0.2, 0) is 0 Å². The lowest BCUT2D eigenvalue weighted by Crippen LogP contribution is -2.42. The van der Waals surface area contributed by atoms with E-state index in [0.717, 1.165) is 29.4 Å². The van der Waals surface area contributed by atoms with Crippen LogP contribution in [0.5, 0.6) is 0 Å². The van der Waals surface area contributed by atoms with Crippen LogP contribution in [0, 0.1) is 11.8 Å². The molecular formula is C15H18Cl2N4. The van der Waals surface area contributed by atoms with E-state index >= 15 is 0 Å². The fourth-order valence-electron chi connectivity index (χ4n) is 2.20. The third-order valence-electron chi connectivity index (χ3n) is 3.22. The Morgan fingerprint density at radius 2 is 2.10 bits per heavy atom. The molecule has 0 atom stereocenters. The first-order valence-electron chi connectivity index (χ1n) is 6.70. The highest BCUT2D eigenvalue weighted by Gasteiger charge is 2.19. The van der Waals surface area contributed by atoms with Crippen LogP contribution in [0.25, 0.3) is 0 Å². The molecule has 1 aliphatic heterocycles. The zero-order chi connectivity index (χ0) is 15.2. The highest BCUT2D eigenvalue weighted by Crippen LogP contribution is 2.22. The number of nitrogens with one attached hydrogen (secondary N) is 1. The predicted molar refractivity (Wildman–Crippen MR) is 87.9 cm³/mol. The summed E-state index contributed by atoms with van der Waals surface area (Å²) in [6.45, 7) is 2.21. The lowest BCUT2D eigenvalue weighted by atomic mass is 10.1. The molecule has 6 heteroatoms. The normalized spacial score (nSPS) is 19.7. The summed E-state index contributed by atoms with van der Waals surface area (Å²) in [6, 6.07) is 0. The van der Waals surface area contributed by atoms with Crippen LogP contribution >= 0.6 is 23.2 Å². The topological polar surface area (TPSA) is 67.3 Å². The molecule has 0 spiro atoms. The third kappa shape index (κ3) is 4.38. The van der Waals surface area contributed by atoms with E-state index in [1.165, 1.54) is 0 Å². The smallest absolute Gasteiger partial charge is 0.120 e. The lowest BCUT2D eigenvalue weighted by molar-refractivity contribution is 0.354. The van der Waals surface area contributed by atoms with E-state index in [0.29, 0.717) is 25.2 Å². The van der Waals surface area contributed by atoms with Crippen LogP contribution in [0.3, 0.4) is 0 Å². The van der Waals surface area contributed by atoms with E-state index in [9.17, 15) is 0 Å². The molecule has 2 rings (SSSR count). The fourth-order valence-corrected chi connectivity index (χ4v) is 2.52. The molecule has 0 bridgehead atoms. The number of hydrogen-bond acceptors (Lipinski definition) is 4. The van der Waals surface area contributed by atoms with Gasteiger partial charge in [0.25, 0.3) is 0 Å². The maximum absolute atomic E-state index is 6.34. The average molecular weight is 325 g/mol. The van der Waals surface area contributed by atoms with Crippen molar-refractivity contribution in [2.24, 2.45) is 11.5 Å². The molecule has 0 aromatic carbocycles. The highest BCUT2D eigenvalue weighted by atomic mass is 35.5. The van der Waals surface area contributed by atoms with Crippen molar-refractivity contribution in [1.29, 1.82) is 0 Å². The van der Waals surface area contributed by atoms with Crippen molar-refractivity contribution in [2.75, 3.05) is 19.6 Å². The molecule has 0 fully saturated rings. The SMILES string of the molecule is NC1=C(/C=C(\N)Cl)N(CC2=CCC#CCC=C2Cl)CCN1. The molecule has 0 saturated carbocycles. The van der Waals surface area contributed by atoms with Crippen LogP contribution in [0.4, 0.5) is 0 Å². The number of allylic oxidation sites excluding steroid dienone is 3. The van der Waals surface area contributed by atoms with E-state index in [1.807, 2.05) is 6.08 Å². The fraction of sp³-hybridized carbons (Fsp3) is 0.333. The minimum Gasteiger partial charge on any atom is -0.389 e. The molecule has 5 N–H and O–H groups in total. The van der Waals surface area contributed by atoms with E-state index < -0.39 is 0 Å². The number of nitrogens with zero attached hydrogens (tertiary/aromatic N) is 1. The van der Waals surface area contributed by atoms with Gasteiger partial charge in [0.2, 0.25) is 0 Å². The molecule has 0 amide bonds. The van der Waals surface area contributed by atoms with Gasteiger partial charge in [0.1, 0.15) is 11.0 Å². The molecule has 0 unspecified atom stereocenters. The maximum Gasteiger partial charge on any atom is 0.120 e. The van der Waals surface area contributed by atoms with Gasteiger partial charge < -0.3 is 21.7 Å². The van der Waals surface area contributed by atoms with Gasteiger partial charge in [0, 0.05) is 37.5 Å². The molecule has 2 aliphatic rings. The molecule has 4 nitrogen and oxygen atoms in total. The monoisotopic (exact) mass is 324 g/mol. The molecule has 0 aromatic heterocycles. The summed E-state index contributed by atoms with van der Waals surface area (Å²) in [5, 5.41) is 4.04. The first kappa shape index (κ1) is 15.7. The Kier molecular flexibility index (Phi) is 5.49. The van der Waals surface area contributed by atoms with Crippen molar-refractivity contribution in [2.45, 2.75) is 12.8 Å². The van der Waals surface area contributed by atoms with Crippen LogP contribution in [0.2, 0.25) is 0 Å². The van der Waals surface area contributed by atoms with Gasteiger partial charge in [-0.2, -0.15) is 0 Å². The number of hydrogen-bond donors (Lipinski definition) is 3. The quantitative estimate of drug-likeness (QED) is 0.548. The summed E-state index contributed by atoms with van der Waals surface area (Å²) >= 11 is 12.1. The number of nitrogens with two attached hydrogens (primary N) is 2. The Morgan fingerprint density at radius 3 is 2.81 bits per heavy atom. The summed E-state index contributed by atoms with van der Waals surface area (Å²) in [5.74, 6) is 6.67. The summed E-state index contributed by atoms with van der Waals surface area (Å²) in [6.07, 6.45) is 7.02. The Balaban J connectivity index is 2.23. The van der Waals surface area contributed by atoms with Crippen LogP contribution < -0.4 is 16.8 Å². The van der Waals surface area contributed by atoms with Crippen molar-refractivity contribution in [3.63, 3.8) is 0 Å². The van der Waals surface area contributed by atoms with Crippen molar-refractivity contribution >= 4 is 23.2 Å². The Morgan fingerprint density at radius 1 is 1.38 bits per heavy atom. The van der Waals surface area contributed by atoms with E-state index in [4.69, 9.17) is 34.7 Å². The van der Waals surface area contributed by atoms with Gasteiger partial charge in [-0.15, -0.1) is 0 Å². The average Bonchev–Trinajstić information content (AvgIpc) is 2.41. The molecule has 0 aromatic rings. The van der Waals surface area contributed by atoms with Gasteiger partial charge in [-0.1, -0.05) is 47.2 Å². The standard InChI is InChI=1S/C15H18Cl2N4/c16-12-6-4-2-1-3-5-11(12)10-21-8-7-20-15(19)13(21)9-14(17)18/h5-6,9,20H,3-4,7-8,10,18-19H2/b11-5?,12-6?,14-9-. The van der Waals surface area contributed by atoms with Crippen LogP contribution in [-0.4, -0.2) is 24.5 Å². The molecule has 1 aliphatic carbocycles. The second-order valence-corrected chi connectivity index (χ2v) is 5.56. The summed E-state index contributed by atoms with van der Waals surface area (Å²) in [5.41, 5.74) is 13.4. The van der Waals surface area contributed by atoms with Gasteiger partial charge >= 0.3 is 0 Å². The first-order valence-corrected chi connectivity index (χ1v) is 7.45. The van der Waals surface area contributed by atoms with E-state index in [2.05, 4.69) is 28.1 Å². The maximum atomic E-state index is 6.34.